The number of furan rings is 1. The van der Waals surface area contributed by atoms with E-state index in [2.05, 4.69) is 5.32 Å². The van der Waals surface area contributed by atoms with Gasteiger partial charge in [-0.3, -0.25) is 9.59 Å². The third kappa shape index (κ3) is 4.54. The fraction of sp³-hybridized carbons (Fsp3) is 0.400. The van der Waals surface area contributed by atoms with E-state index in [9.17, 15) is 19.1 Å². The summed E-state index contributed by atoms with van der Waals surface area (Å²) in [5, 5.41) is 12.2. The van der Waals surface area contributed by atoms with Gasteiger partial charge in [0.05, 0.1) is 11.0 Å². The number of halogens is 1. The number of carbonyl (C=O) groups is 2. The number of aliphatic carboxylic acids is 1. The molecule has 0 bridgehead atoms. The van der Waals surface area contributed by atoms with Crippen LogP contribution >= 0.6 is 0 Å². The summed E-state index contributed by atoms with van der Waals surface area (Å²) in [5.41, 5.74) is -0.590. The van der Waals surface area contributed by atoms with Crippen LogP contribution in [0.4, 0.5) is 4.39 Å². The minimum Gasteiger partial charge on any atom is -0.481 e. The molecule has 6 nitrogen and oxygen atoms in total. The standard InChI is InChI=1S/C20H22FNO5/c21-16-4-2-1-3-15(16)17-7-5-14(27-17)6-8-18(23)22-13-20(19(24)25)9-11-26-12-10-20/h1-5,7H,6,8-13H2,(H,22,23)(H,24,25). The van der Waals surface area contributed by atoms with Crippen molar-refractivity contribution in [1.29, 1.82) is 0 Å². The van der Waals surface area contributed by atoms with E-state index in [4.69, 9.17) is 9.15 Å². The van der Waals surface area contributed by atoms with Crippen LogP contribution in [0.1, 0.15) is 25.0 Å². The van der Waals surface area contributed by atoms with Gasteiger partial charge in [-0.2, -0.15) is 0 Å². The number of hydrogen-bond donors (Lipinski definition) is 2. The van der Waals surface area contributed by atoms with Gasteiger partial charge in [0.2, 0.25) is 5.91 Å². The first kappa shape index (κ1) is 19.1. The van der Waals surface area contributed by atoms with Crippen molar-refractivity contribution in [1.82, 2.24) is 5.32 Å². The summed E-state index contributed by atoms with van der Waals surface area (Å²) >= 11 is 0. The first-order valence-electron chi connectivity index (χ1n) is 8.92. The second-order valence-electron chi connectivity index (χ2n) is 6.72. The summed E-state index contributed by atoms with van der Waals surface area (Å²) in [6.45, 7) is 0.851. The molecule has 7 heteroatoms. The number of rotatable bonds is 7. The van der Waals surface area contributed by atoms with Crippen molar-refractivity contribution in [2.75, 3.05) is 19.8 Å². The predicted octanol–water partition coefficient (Wildman–Crippen LogP) is 3.02. The van der Waals surface area contributed by atoms with Gasteiger partial charge in [-0.1, -0.05) is 12.1 Å². The van der Waals surface area contributed by atoms with E-state index in [1.807, 2.05) is 0 Å². The number of carbonyl (C=O) groups excluding carboxylic acids is 1. The topological polar surface area (TPSA) is 88.8 Å². The monoisotopic (exact) mass is 375 g/mol. The molecular formula is C20H22FNO5. The van der Waals surface area contributed by atoms with Gasteiger partial charge >= 0.3 is 5.97 Å². The Kier molecular flexibility index (Phi) is 5.91. The van der Waals surface area contributed by atoms with Gasteiger partial charge in [0.1, 0.15) is 17.3 Å². The zero-order chi connectivity index (χ0) is 19.3. The maximum Gasteiger partial charge on any atom is 0.311 e. The lowest BCUT2D eigenvalue weighted by molar-refractivity contribution is -0.154. The van der Waals surface area contributed by atoms with Gasteiger partial charge in [-0.15, -0.1) is 0 Å². The Morgan fingerprint density at radius 2 is 1.89 bits per heavy atom. The molecule has 1 aliphatic heterocycles. The Hall–Kier alpha value is -2.67. The van der Waals surface area contributed by atoms with Gasteiger partial charge in [-0.05, 0) is 37.1 Å². The molecule has 0 radical (unpaired) electrons. The average Bonchev–Trinajstić information content (AvgIpc) is 3.14. The van der Waals surface area contributed by atoms with Crippen molar-refractivity contribution in [3.8, 4) is 11.3 Å². The Balaban J connectivity index is 1.52. The van der Waals surface area contributed by atoms with Crippen LogP contribution in [0, 0.1) is 11.2 Å². The molecule has 0 unspecified atom stereocenters. The second kappa shape index (κ2) is 8.35. The fourth-order valence-corrected chi connectivity index (χ4v) is 3.14. The molecule has 1 amide bonds. The van der Waals surface area contributed by atoms with E-state index in [0.717, 1.165) is 0 Å². The van der Waals surface area contributed by atoms with Crippen LogP contribution in [0.25, 0.3) is 11.3 Å². The Morgan fingerprint density at radius 1 is 1.15 bits per heavy atom. The van der Waals surface area contributed by atoms with Crippen LogP contribution in [0.3, 0.4) is 0 Å². The van der Waals surface area contributed by atoms with E-state index in [1.54, 1.807) is 30.3 Å². The summed E-state index contributed by atoms with van der Waals surface area (Å²) in [5.74, 6) is -0.540. The van der Waals surface area contributed by atoms with Crippen LogP contribution in [-0.4, -0.2) is 36.7 Å². The van der Waals surface area contributed by atoms with E-state index < -0.39 is 11.4 Å². The van der Waals surface area contributed by atoms with Crippen molar-refractivity contribution in [3.63, 3.8) is 0 Å². The highest BCUT2D eigenvalue weighted by molar-refractivity contribution is 5.79. The number of hydrogen-bond acceptors (Lipinski definition) is 4. The van der Waals surface area contributed by atoms with Gasteiger partial charge < -0.3 is 19.6 Å². The Labute approximate surface area is 156 Å². The van der Waals surface area contributed by atoms with Crippen LogP contribution in [0.5, 0.6) is 0 Å². The summed E-state index contributed by atoms with van der Waals surface area (Å²) in [6, 6.07) is 9.71. The molecule has 0 spiro atoms. The molecule has 144 valence electrons. The molecule has 1 saturated heterocycles. The maximum absolute atomic E-state index is 13.8. The minimum absolute atomic E-state index is 0.0865. The van der Waals surface area contributed by atoms with Crippen molar-refractivity contribution in [2.45, 2.75) is 25.7 Å². The molecule has 2 heterocycles. The first-order valence-corrected chi connectivity index (χ1v) is 8.92. The summed E-state index contributed by atoms with van der Waals surface area (Å²) < 4.78 is 24.6. The summed E-state index contributed by atoms with van der Waals surface area (Å²) in [4.78, 5) is 23.7. The third-order valence-corrected chi connectivity index (χ3v) is 4.93. The minimum atomic E-state index is -0.962. The van der Waals surface area contributed by atoms with E-state index in [0.29, 0.717) is 49.6 Å². The van der Waals surface area contributed by atoms with E-state index in [1.165, 1.54) is 6.07 Å². The molecule has 0 aliphatic carbocycles. The molecule has 0 atom stereocenters. The largest absolute Gasteiger partial charge is 0.481 e. The molecule has 1 fully saturated rings. The molecule has 27 heavy (non-hydrogen) atoms. The van der Waals surface area contributed by atoms with Gasteiger partial charge in [0.25, 0.3) is 0 Å². The fourth-order valence-electron chi connectivity index (χ4n) is 3.14. The highest BCUT2D eigenvalue weighted by Gasteiger charge is 2.40. The highest BCUT2D eigenvalue weighted by Crippen LogP contribution is 2.30. The summed E-state index contributed by atoms with van der Waals surface area (Å²) in [6.07, 6.45) is 1.28. The van der Waals surface area contributed by atoms with Gasteiger partial charge in [0, 0.05) is 32.6 Å². The van der Waals surface area contributed by atoms with Crippen molar-refractivity contribution < 1.29 is 28.2 Å². The molecule has 2 aromatic rings. The molecule has 2 N–H and O–H groups in total. The summed E-state index contributed by atoms with van der Waals surface area (Å²) in [7, 11) is 0. The molecule has 3 rings (SSSR count). The Bertz CT molecular complexity index is 810. The number of carboxylic acids is 1. The normalized spacial score (nSPS) is 16.0. The van der Waals surface area contributed by atoms with Crippen molar-refractivity contribution in [3.05, 3.63) is 48.0 Å². The van der Waals surface area contributed by atoms with Gasteiger partial charge in [0.15, 0.2) is 0 Å². The molecule has 1 aliphatic rings. The van der Waals surface area contributed by atoms with Crippen LogP contribution in [0.15, 0.2) is 40.8 Å². The predicted molar refractivity (Wildman–Crippen MR) is 95.6 cm³/mol. The molecular weight excluding hydrogens is 353 g/mol. The average molecular weight is 375 g/mol. The molecule has 1 aromatic carbocycles. The smallest absolute Gasteiger partial charge is 0.311 e. The number of aryl methyl sites for hydroxylation is 1. The first-order chi connectivity index (χ1) is 13.0. The lowest BCUT2D eigenvalue weighted by Gasteiger charge is -2.33. The SMILES string of the molecule is O=C(CCc1ccc(-c2ccccc2F)o1)NCC1(C(=O)O)CCOCC1. The van der Waals surface area contributed by atoms with E-state index >= 15 is 0 Å². The van der Waals surface area contributed by atoms with E-state index in [-0.39, 0.29) is 24.7 Å². The second-order valence-corrected chi connectivity index (χ2v) is 6.72. The maximum atomic E-state index is 13.8. The third-order valence-electron chi connectivity index (χ3n) is 4.93. The number of benzene rings is 1. The van der Waals surface area contributed by atoms with Crippen molar-refractivity contribution in [2.24, 2.45) is 5.41 Å². The highest BCUT2D eigenvalue weighted by atomic mass is 19.1. The number of ether oxygens (including phenoxy) is 1. The molecule has 1 aromatic heterocycles. The number of nitrogens with one attached hydrogen (secondary N) is 1. The van der Waals surface area contributed by atoms with Crippen LogP contribution in [0.2, 0.25) is 0 Å². The van der Waals surface area contributed by atoms with Crippen LogP contribution in [-0.2, 0) is 20.7 Å². The quantitative estimate of drug-likeness (QED) is 0.777. The van der Waals surface area contributed by atoms with Crippen molar-refractivity contribution >= 4 is 11.9 Å². The molecule has 0 saturated carbocycles. The zero-order valence-electron chi connectivity index (χ0n) is 14.9. The Morgan fingerprint density at radius 3 is 2.59 bits per heavy atom. The number of carboxylic acid groups (broad SMARTS) is 1. The van der Waals surface area contributed by atoms with Gasteiger partial charge in [-0.25, -0.2) is 4.39 Å². The lowest BCUT2D eigenvalue weighted by Crippen LogP contribution is -2.46. The lowest BCUT2D eigenvalue weighted by atomic mass is 9.80. The number of amides is 1. The zero-order valence-corrected chi connectivity index (χ0v) is 14.9. The van der Waals surface area contributed by atoms with Crippen LogP contribution < -0.4 is 5.32 Å².